The van der Waals surface area contributed by atoms with E-state index in [0.717, 1.165) is 54.7 Å². The number of hydrogen-bond acceptors (Lipinski definition) is 5. The first kappa shape index (κ1) is 24.7. The molecule has 4 rings (SSSR count). The summed E-state index contributed by atoms with van der Waals surface area (Å²) in [7, 11) is 2.18. The first-order valence-electron chi connectivity index (χ1n) is 12.4. The highest BCUT2D eigenvalue weighted by Gasteiger charge is 2.31. The molecule has 8 heteroatoms. The molecule has 1 saturated heterocycles. The minimum absolute atomic E-state index is 0.0135. The number of likely N-dealkylation sites (N-methyl/N-ethyl adjacent to an activating group) is 1. The van der Waals surface area contributed by atoms with Gasteiger partial charge in [0.25, 0.3) is 0 Å². The van der Waals surface area contributed by atoms with E-state index in [1.165, 1.54) is 36.5 Å². The summed E-state index contributed by atoms with van der Waals surface area (Å²) in [6.45, 7) is 10.3. The van der Waals surface area contributed by atoms with Crippen LogP contribution < -0.4 is 5.32 Å². The highest BCUT2D eigenvalue weighted by atomic mass is 35.5. The number of nitrogens with zero attached hydrogens (tertiary/aromatic N) is 4. The van der Waals surface area contributed by atoms with Gasteiger partial charge in [-0.25, -0.2) is 4.98 Å². The van der Waals surface area contributed by atoms with Crippen molar-refractivity contribution in [1.29, 1.82) is 0 Å². The SMILES string of the molecule is CCC(CC1CCCN1CCC(NC(C)=O)c1ccc(Cl)s1)n1c(C)nc2c1CCN(C)C2. The van der Waals surface area contributed by atoms with Gasteiger partial charge in [0.1, 0.15) is 5.82 Å². The van der Waals surface area contributed by atoms with Crippen LogP contribution >= 0.6 is 22.9 Å². The number of rotatable bonds is 9. The Balaban J connectivity index is 1.43. The van der Waals surface area contributed by atoms with Crippen molar-refractivity contribution in [2.75, 3.05) is 26.7 Å². The van der Waals surface area contributed by atoms with E-state index in [4.69, 9.17) is 16.6 Å². The molecule has 0 spiro atoms. The number of aromatic nitrogens is 2. The number of nitrogens with one attached hydrogen (secondary N) is 1. The lowest BCUT2D eigenvalue weighted by Gasteiger charge is -2.32. The normalized spacial score (nSPS) is 21.2. The third kappa shape index (κ3) is 5.81. The van der Waals surface area contributed by atoms with Crippen LogP contribution in [0.2, 0.25) is 4.34 Å². The maximum atomic E-state index is 11.8. The van der Waals surface area contributed by atoms with Crippen molar-refractivity contribution < 1.29 is 4.79 Å². The molecule has 0 radical (unpaired) electrons. The van der Waals surface area contributed by atoms with Crippen molar-refractivity contribution >= 4 is 28.8 Å². The maximum Gasteiger partial charge on any atom is 0.217 e. The van der Waals surface area contributed by atoms with E-state index < -0.39 is 0 Å². The number of carbonyl (C=O) groups excluding carboxylic acids is 1. The Hall–Kier alpha value is -1.41. The van der Waals surface area contributed by atoms with E-state index in [0.29, 0.717) is 12.1 Å². The van der Waals surface area contributed by atoms with Crippen LogP contribution in [0, 0.1) is 6.92 Å². The number of aryl methyl sites for hydroxylation is 1. The van der Waals surface area contributed by atoms with Gasteiger partial charge in [-0.05, 0) is 64.8 Å². The molecule has 4 heterocycles. The van der Waals surface area contributed by atoms with Gasteiger partial charge in [-0.15, -0.1) is 11.3 Å². The van der Waals surface area contributed by atoms with E-state index in [1.54, 1.807) is 18.3 Å². The van der Waals surface area contributed by atoms with E-state index in [2.05, 4.69) is 40.6 Å². The van der Waals surface area contributed by atoms with Crippen LogP contribution in [0.25, 0.3) is 0 Å². The van der Waals surface area contributed by atoms with Gasteiger partial charge in [-0.3, -0.25) is 4.79 Å². The summed E-state index contributed by atoms with van der Waals surface area (Å²) in [6.07, 6.45) is 6.82. The fraction of sp³-hybridized carbons (Fsp3) is 0.680. The van der Waals surface area contributed by atoms with Gasteiger partial charge in [0.05, 0.1) is 16.1 Å². The number of imidazole rings is 1. The first-order chi connectivity index (χ1) is 15.9. The van der Waals surface area contributed by atoms with Crippen LogP contribution in [-0.4, -0.2) is 58.0 Å². The molecule has 6 nitrogen and oxygen atoms in total. The zero-order chi connectivity index (χ0) is 23.5. The summed E-state index contributed by atoms with van der Waals surface area (Å²) < 4.78 is 3.34. The highest BCUT2D eigenvalue weighted by molar-refractivity contribution is 7.16. The number of hydrogen-bond donors (Lipinski definition) is 1. The molecule has 2 aliphatic heterocycles. The van der Waals surface area contributed by atoms with Gasteiger partial charge in [-0.2, -0.15) is 0 Å². The van der Waals surface area contributed by atoms with Gasteiger partial charge in [-0.1, -0.05) is 18.5 Å². The van der Waals surface area contributed by atoms with Crippen LogP contribution in [-0.2, 0) is 17.8 Å². The molecule has 3 atom stereocenters. The van der Waals surface area contributed by atoms with Crippen molar-refractivity contribution in [3.05, 3.63) is 38.6 Å². The molecule has 0 saturated carbocycles. The molecule has 1 fully saturated rings. The lowest BCUT2D eigenvalue weighted by molar-refractivity contribution is -0.119. The van der Waals surface area contributed by atoms with E-state index in [1.807, 2.05) is 12.1 Å². The molecule has 0 aliphatic carbocycles. The second kappa shape index (κ2) is 10.9. The van der Waals surface area contributed by atoms with Crippen LogP contribution in [0.1, 0.15) is 80.1 Å². The average molecular weight is 492 g/mol. The number of carbonyl (C=O) groups is 1. The minimum atomic E-state index is 0.0135. The van der Waals surface area contributed by atoms with Gasteiger partial charge in [0.15, 0.2) is 0 Å². The largest absolute Gasteiger partial charge is 0.349 e. The summed E-state index contributed by atoms with van der Waals surface area (Å²) in [5.74, 6) is 1.19. The Morgan fingerprint density at radius 3 is 2.88 bits per heavy atom. The maximum absolute atomic E-state index is 11.8. The second-order valence-corrected chi connectivity index (χ2v) is 11.5. The molecule has 1 amide bonds. The third-order valence-electron chi connectivity index (χ3n) is 7.32. The standard InChI is InChI=1S/C25H38ClN5OS/c1-5-19(31-17(2)27-22-16-29(4)13-11-23(22)31)15-20-7-6-12-30(20)14-10-21(28-18(3)32)24-8-9-25(26)33-24/h8-9,19-21H,5-7,10-16H2,1-4H3,(H,28,32). The Labute approximate surface area is 207 Å². The van der Waals surface area contributed by atoms with Gasteiger partial charge < -0.3 is 19.7 Å². The monoisotopic (exact) mass is 491 g/mol. The predicted octanol–water partition coefficient (Wildman–Crippen LogP) is 4.97. The van der Waals surface area contributed by atoms with Crippen molar-refractivity contribution in [2.45, 2.75) is 84.0 Å². The second-order valence-electron chi connectivity index (χ2n) is 9.72. The number of amides is 1. The molecule has 2 aromatic heterocycles. The molecule has 3 unspecified atom stereocenters. The molecule has 33 heavy (non-hydrogen) atoms. The van der Waals surface area contributed by atoms with Crippen LogP contribution in [0.4, 0.5) is 0 Å². The smallest absolute Gasteiger partial charge is 0.217 e. The van der Waals surface area contributed by atoms with E-state index in [-0.39, 0.29) is 11.9 Å². The Bertz CT molecular complexity index is 957. The van der Waals surface area contributed by atoms with Crippen molar-refractivity contribution in [3.8, 4) is 0 Å². The van der Waals surface area contributed by atoms with Crippen LogP contribution in [0.3, 0.4) is 0 Å². The van der Waals surface area contributed by atoms with E-state index >= 15 is 0 Å². The number of fused-ring (bicyclic) bond motifs is 1. The summed E-state index contributed by atoms with van der Waals surface area (Å²) in [5, 5.41) is 3.14. The predicted molar refractivity (Wildman–Crippen MR) is 136 cm³/mol. The quantitative estimate of drug-likeness (QED) is 0.538. The fourth-order valence-electron chi connectivity index (χ4n) is 5.72. The summed E-state index contributed by atoms with van der Waals surface area (Å²) >= 11 is 7.74. The molecule has 2 aliphatic rings. The zero-order valence-corrected chi connectivity index (χ0v) is 22.0. The average Bonchev–Trinajstić information content (AvgIpc) is 3.47. The Kier molecular flexibility index (Phi) is 8.15. The minimum Gasteiger partial charge on any atom is -0.349 e. The van der Waals surface area contributed by atoms with Crippen molar-refractivity contribution in [1.82, 2.24) is 24.7 Å². The number of thiophene rings is 1. The molecule has 2 aromatic rings. The molecule has 0 bridgehead atoms. The lowest BCUT2D eigenvalue weighted by atomic mass is 10.0. The Morgan fingerprint density at radius 1 is 1.36 bits per heavy atom. The van der Waals surface area contributed by atoms with Crippen molar-refractivity contribution in [2.24, 2.45) is 0 Å². The topological polar surface area (TPSA) is 53.4 Å². The van der Waals surface area contributed by atoms with Crippen LogP contribution in [0.15, 0.2) is 12.1 Å². The molecular formula is C25H38ClN5OS. The van der Waals surface area contributed by atoms with Gasteiger partial charge >= 0.3 is 0 Å². The summed E-state index contributed by atoms with van der Waals surface area (Å²) in [6, 6.07) is 5.08. The zero-order valence-electron chi connectivity index (χ0n) is 20.4. The number of halogens is 1. The van der Waals surface area contributed by atoms with Gasteiger partial charge in [0, 0.05) is 55.6 Å². The van der Waals surface area contributed by atoms with Gasteiger partial charge in [0.2, 0.25) is 5.91 Å². The van der Waals surface area contributed by atoms with Crippen molar-refractivity contribution in [3.63, 3.8) is 0 Å². The third-order valence-corrected chi connectivity index (χ3v) is 8.66. The fourth-order valence-corrected chi connectivity index (χ4v) is 6.87. The molecular weight excluding hydrogens is 454 g/mol. The molecule has 1 N–H and O–H groups in total. The summed E-state index contributed by atoms with van der Waals surface area (Å²) in [4.78, 5) is 22.9. The lowest BCUT2D eigenvalue weighted by Crippen LogP contribution is -2.36. The first-order valence-corrected chi connectivity index (χ1v) is 13.6. The number of likely N-dealkylation sites (tertiary alicyclic amines) is 1. The molecule has 182 valence electrons. The summed E-state index contributed by atoms with van der Waals surface area (Å²) in [5.41, 5.74) is 2.73. The highest BCUT2D eigenvalue weighted by Crippen LogP contribution is 2.33. The molecule has 0 aromatic carbocycles. The Morgan fingerprint density at radius 2 is 2.18 bits per heavy atom. The van der Waals surface area contributed by atoms with Crippen LogP contribution in [0.5, 0.6) is 0 Å². The van der Waals surface area contributed by atoms with E-state index in [9.17, 15) is 4.79 Å².